The van der Waals surface area contributed by atoms with Crippen LogP contribution in [0.2, 0.25) is 0 Å². The minimum absolute atomic E-state index is 0.151. The van der Waals surface area contributed by atoms with Crippen molar-refractivity contribution >= 4 is 5.65 Å². The maximum Gasteiger partial charge on any atom is 0.167 e. The highest BCUT2D eigenvalue weighted by Gasteiger charge is 2.42. The SMILES string of the molecule is COc1cccc(F)c1[C@@H]1C[C@H]1COc1ccn2c(CC3CC3)nnc2c1C. The van der Waals surface area contributed by atoms with Gasteiger partial charge in [0.15, 0.2) is 5.65 Å². The van der Waals surface area contributed by atoms with Crippen LogP contribution < -0.4 is 9.47 Å². The summed E-state index contributed by atoms with van der Waals surface area (Å²) in [6, 6.07) is 6.98. The van der Waals surface area contributed by atoms with Crippen LogP contribution in [0.5, 0.6) is 11.5 Å². The Morgan fingerprint density at radius 3 is 2.82 bits per heavy atom. The minimum atomic E-state index is -0.198. The predicted molar refractivity (Wildman–Crippen MR) is 103 cm³/mol. The normalized spacial score (nSPS) is 21.1. The second-order valence-corrected chi connectivity index (χ2v) is 8.03. The Hall–Kier alpha value is -2.63. The van der Waals surface area contributed by atoms with E-state index in [2.05, 4.69) is 14.6 Å². The van der Waals surface area contributed by atoms with Gasteiger partial charge in [-0.3, -0.25) is 4.40 Å². The highest BCUT2D eigenvalue weighted by Crippen LogP contribution is 2.51. The second kappa shape index (κ2) is 6.76. The van der Waals surface area contributed by atoms with E-state index in [0.29, 0.717) is 23.8 Å². The molecule has 2 saturated carbocycles. The number of pyridine rings is 1. The van der Waals surface area contributed by atoms with E-state index in [4.69, 9.17) is 9.47 Å². The summed E-state index contributed by atoms with van der Waals surface area (Å²) in [4.78, 5) is 0. The van der Waals surface area contributed by atoms with E-state index < -0.39 is 0 Å². The molecule has 0 radical (unpaired) electrons. The van der Waals surface area contributed by atoms with Crippen LogP contribution in [-0.2, 0) is 6.42 Å². The summed E-state index contributed by atoms with van der Waals surface area (Å²) >= 11 is 0. The quantitative estimate of drug-likeness (QED) is 0.612. The summed E-state index contributed by atoms with van der Waals surface area (Å²) in [7, 11) is 1.58. The van der Waals surface area contributed by atoms with Gasteiger partial charge in [0.25, 0.3) is 0 Å². The molecule has 2 aliphatic rings. The third-order valence-electron chi connectivity index (χ3n) is 5.99. The predicted octanol–water partition coefficient (Wildman–Crippen LogP) is 4.32. The number of hydrogen-bond donors (Lipinski definition) is 0. The molecule has 0 unspecified atom stereocenters. The van der Waals surface area contributed by atoms with Gasteiger partial charge >= 0.3 is 0 Å². The van der Waals surface area contributed by atoms with Gasteiger partial charge in [0.05, 0.1) is 13.7 Å². The number of aryl methyl sites for hydroxylation is 1. The fourth-order valence-electron chi connectivity index (χ4n) is 4.03. The molecule has 1 aromatic carbocycles. The van der Waals surface area contributed by atoms with Crippen molar-refractivity contribution in [1.82, 2.24) is 14.6 Å². The van der Waals surface area contributed by atoms with Crippen LogP contribution in [0.4, 0.5) is 4.39 Å². The first-order chi connectivity index (χ1) is 13.7. The van der Waals surface area contributed by atoms with Crippen LogP contribution in [0.15, 0.2) is 30.5 Å². The molecule has 28 heavy (non-hydrogen) atoms. The number of halogens is 1. The van der Waals surface area contributed by atoms with Crippen molar-refractivity contribution in [1.29, 1.82) is 0 Å². The number of aromatic nitrogens is 3. The Morgan fingerprint density at radius 1 is 1.18 bits per heavy atom. The van der Waals surface area contributed by atoms with Gasteiger partial charge in [-0.15, -0.1) is 10.2 Å². The fraction of sp³-hybridized carbons (Fsp3) is 0.455. The zero-order valence-electron chi connectivity index (χ0n) is 16.2. The van der Waals surface area contributed by atoms with Gasteiger partial charge in [-0.05, 0) is 56.2 Å². The highest BCUT2D eigenvalue weighted by atomic mass is 19.1. The van der Waals surface area contributed by atoms with Crippen LogP contribution in [-0.4, -0.2) is 28.3 Å². The molecule has 0 saturated heterocycles. The maximum absolute atomic E-state index is 14.3. The van der Waals surface area contributed by atoms with E-state index in [0.717, 1.165) is 41.5 Å². The van der Waals surface area contributed by atoms with Crippen LogP contribution in [0.3, 0.4) is 0 Å². The summed E-state index contributed by atoms with van der Waals surface area (Å²) in [5.41, 5.74) is 2.53. The van der Waals surface area contributed by atoms with E-state index in [1.54, 1.807) is 13.2 Å². The summed E-state index contributed by atoms with van der Waals surface area (Å²) < 4.78 is 27.8. The Morgan fingerprint density at radius 2 is 2.04 bits per heavy atom. The second-order valence-electron chi connectivity index (χ2n) is 8.03. The fourth-order valence-corrected chi connectivity index (χ4v) is 4.03. The molecule has 2 aromatic heterocycles. The molecule has 0 N–H and O–H groups in total. The molecule has 0 aliphatic heterocycles. The van der Waals surface area contributed by atoms with E-state index in [9.17, 15) is 4.39 Å². The first-order valence-electron chi connectivity index (χ1n) is 9.94. The third kappa shape index (κ3) is 3.11. The topological polar surface area (TPSA) is 48.7 Å². The molecule has 5 rings (SSSR count). The molecule has 2 aliphatic carbocycles. The van der Waals surface area contributed by atoms with E-state index in [1.807, 2.05) is 25.3 Å². The average Bonchev–Trinajstić information content (AvgIpc) is 3.61. The molecular formula is C22H24FN3O2. The molecule has 3 aromatic rings. The van der Waals surface area contributed by atoms with E-state index in [-0.39, 0.29) is 11.7 Å². The summed E-state index contributed by atoms with van der Waals surface area (Å²) in [6.45, 7) is 2.58. The van der Waals surface area contributed by atoms with Crippen molar-refractivity contribution in [2.75, 3.05) is 13.7 Å². The van der Waals surface area contributed by atoms with Crippen LogP contribution in [0.25, 0.3) is 5.65 Å². The number of rotatable bonds is 7. The van der Waals surface area contributed by atoms with Gasteiger partial charge < -0.3 is 9.47 Å². The van der Waals surface area contributed by atoms with Gasteiger partial charge in [0.1, 0.15) is 23.1 Å². The molecule has 0 amide bonds. The molecule has 0 bridgehead atoms. The molecule has 2 atom stereocenters. The van der Waals surface area contributed by atoms with Gasteiger partial charge in [-0.2, -0.15) is 0 Å². The van der Waals surface area contributed by atoms with Gasteiger partial charge in [0, 0.05) is 29.7 Å². The smallest absolute Gasteiger partial charge is 0.167 e. The zero-order chi connectivity index (χ0) is 19.3. The zero-order valence-corrected chi connectivity index (χ0v) is 16.2. The number of ether oxygens (including phenoxy) is 2. The van der Waals surface area contributed by atoms with Gasteiger partial charge in [-0.1, -0.05) is 6.07 Å². The monoisotopic (exact) mass is 381 g/mol. The molecular weight excluding hydrogens is 357 g/mol. The molecule has 0 spiro atoms. The number of benzene rings is 1. The van der Waals surface area contributed by atoms with Crippen molar-refractivity contribution < 1.29 is 13.9 Å². The van der Waals surface area contributed by atoms with E-state index >= 15 is 0 Å². The molecule has 2 fully saturated rings. The Bertz CT molecular complexity index is 1030. The minimum Gasteiger partial charge on any atom is -0.496 e. The Balaban J connectivity index is 1.29. The molecule has 6 heteroatoms. The molecule has 2 heterocycles. The lowest BCUT2D eigenvalue weighted by molar-refractivity contribution is 0.294. The summed E-state index contributed by atoms with van der Waals surface area (Å²) in [6.07, 6.45) is 6.50. The first kappa shape index (κ1) is 17.5. The maximum atomic E-state index is 14.3. The van der Waals surface area contributed by atoms with E-state index in [1.165, 1.54) is 18.9 Å². The summed E-state index contributed by atoms with van der Waals surface area (Å²) in [5.74, 6) is 3.49. The van der Waals surface area contributed by atoms with Crippen molar-refractivity contribution in [2.24, 2.45) is 11.8 Å². The van der Waals surface area contributed by atoms with Crippen molar-refractivity contribution in [3.05, 3.63) is 53.2 Å². The standard InChI is InChI=1S/C22H24FN3O2/c1-13-18(8-9-26-20(10-14-6-7-14)24-25-22(13)26)28-12-15-11-16(15)21-17(23)4-3-5-19(21)27-2/h3-5,8-9,14-16H,6-7,10-12H2,1-2H3/t15-,16+/m0/s1. The summed E-state index contributed by atoms with van der Waals surface area (Å²) in [5, 5.41) is 8.73. The number of hydrogen-bond acceptors (Lipinski definition) is 4. The number of methoxy groups -OCH3 is 1. The van der Waals surface area contributed by atoms with Crippen LogP contribution in [0.1, 0.15) is 42.1 Å². The van der Waals surface area contributed by atoms with Gasteiger partial charge in [0.2, 0.25) is 0 Å². The Labute approximate surface area is 163 Å². The lowest BCUT2D eigenvalue weighted by Crippen LogP contribution is -2.05. The van der Waals surface area contributed by atoms with Crippen molar-refractivity contribution in [3.63, 3.8) is 0 Å². The average molecular weight is 381 g/mol. The van der Waals surface area contributed by atoms with Gasteiger partial charge in [-0.25, -0.2) is 4.39 Å². The highest BCUT2D eigenvalue weighted by molar-refractivity contribution is 5.54. The molecule has 5 nitrogen and oxygen atoms in total. The Kier molecular flexibility index (Phi) is 4.22. The number of fused-ring (bicyclic) bond motifs is 1. The third-order valence-corrected chi connectivity index (χ3v) is 5.99. The lowest BCUT2D eigenvalue weighted by Gasteiger charge is -2.11. The number of nitrogens with zero attached hydrogens (tertiary/aromatic N) is 3. The lowest BCUT2D eigenvalue weighted by atomic mass is 10.1. The molecule has 146 valence electrons. The van der Waals surface area contributed by atoms with Crippen molar-refractivity contribution in [2.45, 2.75) is 38.5 Å². The van der Waals surface area contributed by atoms with Crippen LogP contribution >= 0.6 is 0 Å². The van der Waals surface area contributed by atoms with Crippen LogP contribution in [0, 0.1) is 24.6 Å². The first-order valence-corrected chi connectivity index (χ1v) is 9.94. The largest absolute Gasteiger partial charge is 0.496 e. The van der Waals surface area contributed by atoms with Crippen molar-refractivity contribution in [3.8, 4) is 11.5 Å².